The molecule has 1 aliphatic heterocycles. The highest BCUT2D eigenvalue weighted by molar-refractivity contribution is 8.26. The first-order valence-electron chi connectivity index (χ1n) is 7.01. The lowest BCUT2D eigenvalue weighted by atomic mass is 10.2. The van der Waals surface area contributed by atoms with Gasteiger partial charge in [-0.25, -0.2) is 0 Å². The summed E-state index contributed by atoms with van der Waals surface area (Å²) < 4.78 is 10.2. The van der Waals surface area contributed by atoms with E-state index in [1.807, 2.05) is 24.3 Å². The fourth-order valence-electron chi connectivity index (χ4n) is 2.03. The third-order valence-corrected chi connectivity index (χ3v) is 4.66. The van der Waals surface area contributed by atoms with Crippen LogP contribution in [0.5, 0.6) is 5.75 Å². The molecule has 0 N–H and O–H groups in total. The number of carbonyl (C=O) groups is 2. The van der Waals surface area contributed by atoms with E-state index in [0.717, 1.165) is 11.3 Å². The molecule has 1 aromatic carbocycles. The highest BCUT2D eigenvalue weighted by atomic mass is 32.2. The van der Waals surface area contributed by atoms with E-state index < -0.39 is 0 Å². The summed E-state index contributed by atoms with van der Waals surface area (Å²) in [6.07, 6.45) is 2.60. The van der Waals surface area contributed by atoms with Gasteiger partial charge in [-0.05, 0) is 30.2 Å². The van der Waals surface area contributed by atoms with Gasteiger partial charge in [-0.2, -0.15) is 0 Å². The summed E-state index contributed by atoms with van der Waals surface area (Å²) in [5.74, 6) is 0.349. The Morgan fingerprint density at radius 2 is 2.00 bits per heavy atom. The SMILES string of the molecule is COC(=O)CCCN1C(=O)/C(=C\c2ccc(OC)cc2)SC1=S. The third-order valence-electron chi connectivity index (χ3n) is 3.28. The summed E-state index contributed by atoms with van der Waals surface area (Å²) in [5.41, 5.74) is 0.904. The number of esters is 1. The van der Waals surface area contributed by atoms with Crippen molar-refractivity contribution in [3.63, 3.8) is 0 Å². The number of hydrogen-bond donors (Lipinski definition) is 0. The summed E-state index contributed by atoms with van der Waals surface area (Å²) in [7, 11) is 2.95. The van der Waals surface area contributed by atoms with Crippen LogP contribution in [0, 0.1) is 0 Å². The van der Waals surface area contributed by atoms with E-state index in [0.29, 0.717) is 22.2 Å². The van der Waals surface area contributed by atoms with E-state index >= 15 is 0 Å². The van der Waals surface area contributed by atoms with Gasteiger partial charge >= 0.3 is 5.97 Å². The summed E-state index contributed by atoms with van der Waals surface area (Å²) in [4.78, 5) is 25.6. The van der Waals surface area contributed by atoms with Gasteiger partial charge in [0, 0.05) is 13.0 Å². The molecule has 23 heavy (non-hydrogen) atoms. The fourth-order valence-corrected chi connectivity index (χ4v) is 3.34. The minimum atomic E-state index is -0.288. The van der Waals surface area contributed by atoms with E-state index in [9.17, 15) is 9.59 Å². The van der Waals surface area contributed by atoms with Crippen molar-refractivity contribution < 1.29 is 19.1 Å². The molecule has 0 bridgehead atoms. The molecule has 0 spiro atoms. The molecular weight excluding hydrogens is 334 g/mol. The van der Waals surface area contributed by atoms with Crippen LogP contribution in [-0.2, 0) is 14.3 Å². The Kier molecular flexibility index (Phi) is 6.18. The molecule has 1 saturated heterocycles. The molecule has 2 rings (SSSR count). The minimum Gasteiger partial charge on any atom is -0.497 e. The van der Waals surface area contributed by atoms with Gasteiger partial charge in [-0.3, -0.25) is 14.5 Å². The van der Waals surface area contributed by atoms with Crippen LogP contribution >= 0.6 is 24.0 Å². The number of methoxy groups -OCH3 is 2. The Morgan fingerprint density at radius 1 is 1.30 bits per heavy atom. The molecule has 1 heterocycles. The van der Waals surface area contributed by atoms with Gasteiger partial charge in [-0.15, -0.1) is 0 Å². The summed E-state index contributed by atoms with van der Waals surface area (Å²) >= 11 is 6.52. The smallest absolute Gasteiger partial charge is 0.305 e. The van der Waals surface area contributed by atoms with Crippen molar-refractivity contribution in [1.82, 2.24) is 4.90 Å². The zero-order valence-electron chi connectivity index (χ0n) is 12.9. The van der Waals surface area contributed by atoms with Crippen LogP contribution in [-0.4, -0.2) is 41.9 Å². The maximum Gasteiger partial charge on any atom is 0.305 e. The van der Waals surface area contributed by atoms with Gasteiger partial charge in [0.05, 0.1) is 19.1 Å². The number of carbonyl (C=O) groups excluding carboxylic acids is 2. The van der Waals surface area contributed by atoms with Crippen LogP contribution in [0.15, 0.2) is 29.2 Å². The van der Waals surface area contributed by atoms with Crippen molar-refractivity contribution in [3.05, 3.63) is 34.7 Å². The maximum absolute atomic E-state index is 12.4. The second-order valence-corrected chi connectivity index (χ2v) is 6.46. The Hall–Kier alpha value is -1.86. The molecule has 1 fully saturated rings. The first-order chi connectivity index (χ1) is 11.0. The Labute approximate surface area is 144 Å². The molecular formula is C16H17NO4S2. The average molecular weight is 351 g/mol. The van der Waals surface area contributed by atoms with Gasteiger partial charge < -0.3 is 9.47 Å². The van der Waals surface area contributed by atoms with Crippen LogP contribution in [0.1, 0.15) is 18.4 Å². The molecule has 0 unspecified atom stereocenters. The summed E-state index contributed by atoms with van der Waals surface area (Å²) in [6.45, 7) is 0.416. The topological polar surface area (TPSA) is 55.8 Å². The number of hydrogen-bond acceptors (Lipinski definition) is 6. The standard InChI is InChI=1S/C16H17NO4S2/c1-20-12-7-5-11(6-8-12)10-13-15(19)17(16(22)23-13)9-3-4-14(18)21-2/h5-8,10H,3-4,9H2,1-2H3/b13-10+. The van der Waals surface area contributed by atoms with Gasteiger partial charge in [0.25, 0.3) is 5.91 Å². The van der Waals surface area contributed by atoms with Crippen molar-refractivity contribution in [2.24, 2.45) is 0 Å². The molecule has 0 radical (unpaired) electrons. The maximum atomic E-state index is 12.4. The Morgan fingerprint density at radius 3 is 2.61 bits per heavy atom. The molecule has 5 nitrogen and oxygen atoms in total. The van der Waals surface area contributed by atoms with Gasteiger partial charge in [0.15, 0.2) is 0 Å². The van der Waals surface area contributed by atoms with Crippen molar-refractivity contribution in [2.75, 3.05) is 20.8 Å². The number of rotatable bonds is 6. The molecule has 0 aromatic heterocycles. The highest BCUT2D eigenvalue weighted by Crippen LogP contribution is 2.32. The van der Waals surface area contributed by atoms with E-state index in [1.165, 1.54) is 23.8 Å². The molecule has 0 aliphatic carbocycles. The molecule has 1 aromatic rings. The molecule has 0 saturated carbocycles. The lowest BCUT2D eigenvalue weighted by molar-refractivity contribution is -0.141. The number of amides is 1. The lowest BCUT2D eigenvalue weighted by Crippen LogP contribution is -2.29. The number of nitrogens with zero attached hydrogens (tertiary/aromatic N) is 1. The van der Waals surface area contributed by atoms with Crippen molar-refractivity contribution in [1.29, 1.82) is 0 Å². The molecule has 122 valence electrons. The summed E-state index contributed by atoms with van der Waals surface area (Å²) in [5, 5.41) is 0. The monoisotopic (exact) mass is 351 g/mol. The average Bonchev–Trinajstić information content (AvgIpc) is 2.82. The molecule has 1 amide bonds. The molecule has 0 atom stereocenters. The number of ether oxygens (including phenoxy) is 2. The van der Waals surface area contributed by atoms with Crippen molar-refractivity contribution in [2.45, 2.75) is 12.8 Å². The predicted octanol–water partition coefficient (Wildman–Crippen LogP) is 2.85. The van der Waals surface area contributed by atoms with Gasteiger partial charge in [0.1, 0.15) is 10.1 Å². The van der Waals surface area contributed by atoms with Crippen LogP contribution in [0.3, 0.4) is 0 Å². The van der Waals surface area contributed by atoms with Gasteiger partial charge in [0.2, 0.25) is 0 Å². The van der Waals surface area contributed by atoms with E-state index in [4.69, 9.17) is 17.0 Å². The van der Waals surface area contributed by atoms with Crippen LogP contribution in [0.4, 0.5) is 0 Å². The van der Waals surface area contributed by atoms with E-state index in [-0.39, 0.29) is 18.3 Å². The minimum absolute atomic E-state index is 0.124. The second kappa shape index (κ2) is 8.12. The lowest BCUT2D eigenvalue weighted by Gasteiger charge is -2.13. The normalized spacial score (nSPS) is 16.1. The predicted molar refractivity (Wildman–Crippen MR) is 94.1 cm³/mol. The third kappa shape index (κ3) is 4.56. The van der Waals surface area contributed by atoms with E-state index in [1.54, 1.807) is 13.2 Å². The fraction of sp³-hybridized carbons (Fsp3) is 0.312. The number of benzene rings is 1. The number of thioether (sulfide) groups is 1. The van der Waals surface area contributed by atoms with Crippen LogP contribution in [0.2, 0.25) is 0 Å². The zero-order chi connectivity index (χ0) is 16.8. The summed E-state index contributed by atoms with van der Waals surface area (Å²) in [6, 6.07) is 7.43. The zero-order valence-corrected chi connectivity index (χ0v) is 14.5. The van der Waals surface area contributed by atoms with Crippen LogP contribution in [0.25, 0.3) is 6.08 Å². The van der Waals surface area contributed by atoms with Crippen LogP contribution < -0.4 is 4.74 Å². The molecule has 1 aliphatic rings. The van der Waals surface area contributed by atoms with E-state index in [2.05, 4.69) is 4.74 Å². The first kappa shape index (κ1) is 17.5. The highest BCUT2D eigenvalue weighted by Gasteiger charge is 2.31. The second-order valence-electron chi connectivity index (χ2n) is 4.79. The van der Waals surface area contributed by atoms with Crippen molar-refractivity contribution in [3.8, 4) is 5.75 Å². The quantitative estimate of drug-likeness (QED) is 0.446. The Balaban J connectivity index is 2.01. The Bertz CT molecular complexity index is 640. The largest absolute Gasteiger partial charge is 0.497 e. The molecule has 7 heteroatoms. The van der Waals surface area contributed by atoms with Crippen molar-refractivity contribution >= 4 is 46.3 Å². The first-order valence-corrected chi connectivity index (χ1v) is 8.24. The number of thiocarbonyl (C=S) groups is 1. The van der Waals surface area contributed by atoms with Gasteiger partial charge in [-0.1, -0.05) is 36.1 Å².